The third kappa shape index (κ3) is 13.5. The molecule has 83 heavy (non-hydrogen) atoms. The summed E-state index contributed by atoms with van der Waals surface area (Å²) >= 11 is 0. The van der Waals surface area contributed by atoms with Crippen LogP contribution in [0.25, 0.3) is 22.3 Å². The summed E-state index contributed by atoms with van der Waals surface area (Å²) in [6, 6.07) is 43.8. The van der Waals surface area contributed by atoms with Crippen LogP contribution in [-0.2, 0) is 68.4 Å². The largest absolute Gasteiger partial charge is 0.494 e. The Kier molecular flexibility index (Phi) is 17.4. The molecule has 3 aromatic carbocycles. The molecule has 9 aromatic rings. The van der Waals surface area contributed by atoms with E-state index in [1.807, 2.05) is 124 Å². The molecule has 8 heterocycles. The van der Waals surface area contributed by atoms with Crippen LogP contribution in [-0.4, -0.2) is 70.4 Å². The van der Waals surface area contributed by atoms with Crippen molar-refractivity contribution >= 4 is 34.6 Å². The summed E-state index contributed by atoms with van der Waals surface area (Å²) in [7, 11) is 0. The van der Waals surface area contributed by atoms with Gasteiger partial charge in [-0.3, -0.25) is 39.3 Å². The number of carbonyl (C=O) groups excluding carboxylic acids is 3. The van der Waals surface area contributed by atoms with Gasteiger partial charge < -0.3 is 29.4 Å². The number of hydrogen-bond acceptors (Lipinski definition) is 14. The molecule has 1 atom stereocenters. The SMILES string of the molecule is CCc1c2c(nc3ccc(OC(=O)c4cccc(NC(=O)NCCCCOc5cc(CN(Cc6ccccn6)Cc6ccccn6)cc(CN(Cc6ccccn6)Cc6ccccn6)c5)c4)cc13)-c1cc3c(c(=O)n1C2)COC(=O)C3CC. The predicted octanol–water partition coefficient (Wildman–Crippen LogP) is 10.7. The van der Waals surface area contributed by atoms with Crippen LogP contribution in [0.1, 0.15) is 106 Å². The van der Waals surface area contributed by atoms with Gasteiger partial charge in [-0.2, -0.15) is 0 Å². The van der Waals surface area contributed by atoms with Gasteiger partial charge >= 0.3 is 18.0 Å². The molecule has 0 aliphatic carbocycles. The second kappa shape index (κ2) is 26.0. The number of ether oxygens (including phenoxy) is 3. The maximum absolute atomic E-state index is 13.8. The van der Waals surface area contributed by atoms with Gasteiger partial charge in [0.25, 0.3) is 5.56 Å². The minimum atomic E-state index is -0.595. The number of urea groups is 1. The molecule has 17 nitrogen and oxygen atoms in total. The highest BCUT2D eigenvalue weighted by Crippen LogP contribution is 2.40. The van der Waals surface area contributed by atoms with Gasteiger partial charge in [-0.05, 0) is 151 Å². The zero-order valence-electron chi connectivity index (χ0n) is 46.5. The second-order valence-electron chi connectivity index (χ2n) is 20.8. The van der Waals surface area contributed by atoms with Gasteiger partial charge in [0.05, 0.1) is 69.9 Å². The van der Waals surface area contributed by atoms with Crippen LogP contribution in [0.2, 0.25) is 0 Å². The Hall–Kier alpha value is -9.45. The molecule has 2 aliphatic rings. The molecule has 2 amide bonds. The summed E-state index contributed by atoms with van der Waals surface area (Å²) < 4.78 is 19.5. The van der Waals surface area contributed by atoms with E-state index in [0.717, 1.165) is 56.2 Å². The van der Waals surface area contributed by atoms with Gasteiger partial charge in [-0.1, -0.05) is 50.2 Å². The molecule has 11 rings (SSSR count). The number of pyridine rings is 6. The fraction of sp³-hybridized carbons (Fsp3) is 0.258. The van der Waals surface area contributed by atoms with E-state index < -0.39 is 17.9 Å². The number of rotatable bonds is 23. The summed E-state index contributed by atoms with van der Waals surface area (Å²) in [6.45, 7) is 8.84. The summed E-state index contributed by atoms with van der Waals surface area (Å²) in [6.07, 6.45) is 9.79. The van der Waals surface area contributed by atoms with Crippen molar-refractivity contribution in [3.63, 3.8) is 0 Å². The Morgan fingerprint density at radius 2 is 1.29 bits per heavy atom. The zero-order valence-corrected chi connectivity index (χ0v) is 46.5. The van der Waals surface area contributed by atoms with E-state index in [0.29, 0.717) is 124 Å². The lowest BCUT2D eigenvalue weighted by Gasteiger charge is -2.25. The molecule has 0 saturated heterocycles. The first-order chi connectivity index (χ1) is 40.6. The van der Waals surface area contributed by atoms with E-state index in [-0.39, 0.29) is 23.7 Å². The standard InChI is InChI=1S/C66H64N10O7/c1-3-54-57-34-52(22-23-60(57)73-62-58(54)42-76-61(62)35-56-55(4-2)65(79)82-43-59(56)63(76)77)83-64(78)46-16-15-21-47(33-46)72-66(80)71-28-13-14-29-81-53-31-44(36-74(38-48-17-5-9-24-67-48)39-49-18-6-10-25-68-49)30-45(32-53)37-75(40-50-19-7-11-26-69-50)41-51-20-8-12-27-70-51/h5-12,15-27,30-35,55H,3-4,13-14,28-29,36-43H2,1-2H3,(H2,71,72,80). The number of amides is 2. The highest BCUT2D eigenvalue weighted by atomic mass is 16.5. The van der Waals surface area contributed by atoms with Crippen LogP contribution in [0.3, 0.4) is 0 Å². The van der Waals surface area contributed by atoms with Crippen molar-refractivity contribution in [1.82, 2.24) is 44.6 Å². The highest BCUT2D eigenvalue weighted by molar-refractivity contribution is 5.96. The molecule has 0 saturated carbocycles. The number of aromatic nitrogens is 6. The number of cyclic esters (lactones) is 1. The number of unbranched alkanes of at least 4 members (excludes halogenated alkanes) is 1. The number of esters is 2. The summed E-state index contributed by atoms with van der Waals surface area (Å²) in [5.74, 6) is -0.326. The molecule has 2 N–H and O–H groups in total. The molecule has 420 valence electrons. The van der Waals surface area contributed by atoms with Crippen molar-refractivity contribution in [1.29, 1.82) is 0 Å². The van der Waals surface area contributed by atoms with E-state index in [4.69, 9.17) is 19.2 Å². The van der Waals surface area contributed by atoms with Gasteiger partial charge in [-0.15, -0.1) is 0 Å². The molecule has 0 bridgehead atoms. The average Bonchev–Trinajstić information content (AvgIpc) is 3.62. The molecule has 0 spiro atoms. The summed E-state index contributed by atoms with van der Waals surface area (Å²) in [5.41, 5.74) is 11.8. The van der Waals surface area contributed by atoms with E-state index in [1.54, 1.807) is 41.0 Å². The molecule has 1 unspecified atom stereocenters. The van der Waals surface area contributed by atoms with E-state index >= 15 is 0 Å². The first kappa shape index (κ1) is 55.5. The molecule has 0 radical (unpaired) electrons. The molecule has 2 aliphatic heterocycles. The highest BCUT2D eigenvalue weighted by Gasteiger charge is 2.35. The first-order valence-electron chi connectivity index (χ1n) is 28.2. The van der Waals surface area contributed by atoms with Gasteiger partial charge in [0.2, 0.25) is 0 Å². The van der Waals surface area contributed by atoms with Crippen LogP contribution in [0, 0.1) is 0 Å². The van der Waals surface area contributed by atoms with Crippen LogP contribution >= 0.6 is 0 Å². The van der Waals surface area contributed by atoms with Crippen LogP contribution in [0.15, 0.2) is 169 Å². The maximum atomic E-state index is 13.8. The molecule has 0 fully saturated rings. The number of aryl methyl sites for hydroxylation is 1. The van der Waals surface area contributed by atoms with Crippen LogP contribution < -0.4 is 25.7 Å². The van der Waals surface area contributed by atoms with Crippen LogP contribution in [0.5, 0.6) is 11.5 Å². The van der Waals surface area contributed by atoms with Crippen LogP contribution in [0.4, 0.5) is 10.5 Å². The second-order valence-corrected chi connectivity index (χ2v) is 20.8. The lowest BCUT2D eigenvalue weighted by atomic mass is 9.90. The minimum Gasteiger partial charge on any atom is -0.494 e. The topological polar surface area (TPSA) is 196 Å². The number of benzene rings is 3. The molecule has 6 aromatic heterocycles. The number of hydrogen-bond donors (Lipinski definition) is 2. The van der Waals surface area contributed by atoms with Crippen molar-refractivity contribution in [2.45, 2.75) is 97.9 Å². The Morgan fingerprint density at radius 3 is 1.87 bits per heavy atom. The van der Waals surface area contributed by atoms with Crippen molar-refractivity contribution in [2.75, 3.05) is 18.5 Å². The molecule has 17 heteroatoms. The Balaban J connectivity index is 0.715. The third-order valence-electron chi connectivity index (χ3n) is 14.9. The number of nitrogens with one attached hydrogen (secondary N) is 2. The fourth-order valence-corrected chi connectivity index (χ4v) is 11.0. The van der Waals surface area contributed by atoms with Gasteiger partial charge in [0.1, 0.15) is 18.1 Å². The van der Waals surface area contributed by atoms with Crippen molar-refractivity contribution < 1.29 is 28.6 Å². The lowest BCUT2D eigenvalue weighted by molar-refractivity contribution is -0.148. The van der Waals surface area contributed by atoms with Crippen molar-refractivity contribution in [2.24, 2.45) is 0 Å². The Bertz CT molecular complexity index is 3640. The lowest BCUT2D eigenvalue weighted by Crippen LogP contribution is -2.32. The predicted molar refractivity (Wildman–Crippen MR) is 315 cm³/mol. The van der Waals surface area contributed by atoms with Crippen molar-refractivity contribution in [3.8, 4) is 22.9 Å². The van der Waals surface area contributed by atoms with E-state index in [1.165, 1.54) is 0 Å². The maximum Gasteiger partial charge on any atom is 0.343 e. The van der Waals surface area contributed by atoms with E-state index in [9.17, 15) is 19.2 Å². The quantitative estimate of drug-likeness (QED) is 0.0349. The smallest absolute Gasteiger partial charge is 0.343 e. The average molecular weight is 1110 g/mol. The fourth-order valence-electron chi connectivity index (χ4n) is 11.0. The Labute approximate surface area is 481 Å². The Morgan fingerprint density at radius 1 is 0.663 bits per heavy atom. The number of fused-ring (bicyclic) bond motifs is 5. The molecular formula is C66H64N10O7. The number of anilines is 1. The monoisotopic (exact) mass is 1110 g/mol. The van der Waals surface area contributed by atoms with Gasteiger partial charge in [-0.25, -0.2) is 14.6 Å². The number of carbonyl (C=O) groups is 3. The van der Waals surface area contributed by atoms with Gasteiger partial charge in [0, 0.05) is 87.2 Å². The van der Waals surface area contributed by atoms with E-state index in [2.05, 4.69) is 58.6 Å². The normalized spacial score (nSPS) is 13.3. The number of nitrogens with zero attached hydrogens (tertiary/aromatic N) is 8. The summed E-state index contributed by atoms with van der Waals surface area (Å²) in [5, 5.41) is 6.60. The zero-order chi connectivity index (χ0) is 57.1. The molecular weight excluding hydrogens is 1040 g/mol. The third-order valence-corrected chi connectivity index (χ3v) is 14.9. The van der Waals surface area contributed by atoms with Crippen molar-refractivity contribution in [3.05, 3.63) is 236 Å². The first-order valence-corrected chi connectivity index (χ1v) is 28.2. The minimum absolute atomic E-state index is 0.0397. The van der Waals surface area contributed by atoms with Gasteiger partial charge in [0.15, 0.2) is 0 Å². The summed E-state index contributed by atoms with van der Waals surface area (Å²) in [4.78, 5) is 81.5.